The van der Waals surface area contributed by atoms with E-state index in [1.54, 1.807) is 11.3 Å². The number of aromatic nitrogens is 4. The summed E-state index contributed by atoms with van der Waals surface area (Å²) in [6.07, 6.45) is 8.49. The first kappa shape index (κ1) is 12.7. The van der Waals surface area contributed by atoms with Gasteiger partial charge in [-0.3, -0.25) is 0 Å². The quantitative estimate of drug-likeness (QED) is 0.923. The van der Waals surface area contributed by atoms with Crippen molar-refractivity contribution in [3.63, 3.8) is 0 Å². The molecule has 2 fully saturated rings. The molecule has 2 heterocycles. The fourth-order valence-electron chi connectivity index (χ4n) is 3.41. The molecule has 108 valence electrons. The van der Waals surface area contributed by atoms with Crippen molar-refractivity contribution in [2.45, 2.75) is 69.2 Å². The first-order valence-electron chi connectivity index (χ1n) is 7.67. The largest absolute Gasteiger partial charge is 0.327 e. The lowest BCUT2D eigenvalue weighted by Gasteiger charge is -2.37. The summed E-state index contributed by atoms with van der Waals surface area (Å²) < 4.78 is 1.98. The van der Waals surface area contributed by atoms with Gasteiger partial charge in [0.2, 0.25) is 4.96 Å². The van der Waals surface area contributed by atoms with Crippen LogP contribution in [0.15, 0.2) is 0 Å². The molecule has 0 radical (unpaired) electrons. The fraction of sp³-hybridized carbons (Fsp3) is 0.786. The first-order chi connectivity index (χ1) is 9.68. The van der Waals surface area contributed by atoms with Gasteiger partial charge in [0.25, 0.3) is 0 Å². The third-order valence-electron chi connectivity index (χ3n) is 5.25. The van der Waals surface area contributed by atoms with Crippen LogP contribution >= 0.6 is 11.3 Å². The van der Waals surface area contributed by atoms with Crippen molar-refractivity contribution in [1.29, 1.82) is 0 Å². The maximum absolute atomic E-state index is 6.39. The molecule has 0 aliphatic heterocycles. The third kappa shape index (κ3) is 1.74. The van der Waals surface area contributed by atoms with Crippen LogP contribution in [0.5, 0.6) is 0 Å². The molecule has 2 unspecified atom stereocenters. The van der Waals surface area contributed by atoms with Crippen molar-refractivity contribution < 1.29 is 0 Å². The molecule has 0 saturated heterocycles. The molecule has 2 saturated carbocycles. The zero-order valence-electron chi connectivity index (χ0n) is 11.9. The van der Waals surface area contributed by atoms with E-state index >= 15 is 0 Å². The highest BCUT2D eigenvalue weighted by atomic mass is 32.1. The van der Waals surface area contributed by atoms with Gasteiger partial charge in [-0.15, -0.1) is 10.2 Å². The topological polar surface area (TPSA) is 69.1 Å². The Morgan fingerprint density at radius 2 is 2.05 bits per heavy atom. The maximum atomic E-state index is 6.39. The van der Waals surface area contributed by atoms with E-state index in [9.17, 15) is 0 Å². The normalized spacial score (nSPS) is 31.6. The number of hydrogen-bond donors (Lipinski definition) is 1. The second-order valence-electron chi connectivity index (χ2n) is 6.56. The summed E-state index contributed by atoms with van der Waals surface area (Å²) in [6, 6.07) is 0.215. The summed E-state index contributed by atoms with van der Waals surface area (Å²) in [5.41, 5.74) is 6.41. The first-order valence-corrected chi connectivity index (χ1v) is 8.48. The van der Waals surface area contributed by atoms with Crippen LogP contribution in [-0.4, -0.2) is 25.9 Å². The zero-order chi connectivity index (χ0) is 13.7. The fourth-order valence-corrected chi connectivity index (χ4v) is 4.49. The Bertz CT molecular complexity index is 629. The average Bonchev–Trinajstić information content (AvgIpc) is 2.93. The molecule has 6 heteroatoms. The maximum Gasteiger partial charge on any atom is 0.234 e. The minimum Gasteiger partial charge on any atom is -0.327 e. The Morgan fingerprint density at radius 1 is 1.20 bits per heavy atom. The minimum absolute atomic E-state index is 0.0144. The molecule has 0 spiro atoms. The lowest BCUT2D eigenvalue weighted by Crippen LogP contribution is -2.45. The van der Waals surface area contributed by atoms with Gasteiger partial charge in [0, 0.05) is 17.4 Å². The molecule has 0 bridgehead atoms. The molecular weight excluding hydrogens is 270 g/mol. The Morgan fingerprint density at radius 3 is 2.75 bits per heavy atom. The van der Waals surface area contributed by atoms with Gasteiger partial charge >= 0.3 is 0 Å². The highest BCUT2D eigenvalue weighted by Crippen LogP contribution is 2.41. The van der Waals surface area contributed by atoms with Crippen LogP contribution in [0.2, 0.25) is 0 Å². The molecule has 0 amide bonds. The predicted molar refractivity (Wildman–Crippen MR) is 79.0 cm³/mol. The molecule has 2 aliphatic carbocycles. The molecule has 2 N–H and O–H groups in total. The predicted octanol–water partition coefficient (Wildman–Crippen LogP) is 2.61. The third-order valence-corrected chi connectivity index (χ3v) is 6.43. The molecule has 20 heavy (non-hydrogen) atoms. The van der Waals surface area contributed by atoms with Gasteiger partial charge < -0.3 is 5.73 Å². The summed E-state index contributed by atoms with van der Waals surface area (Å²) in [5, 5.41) is 14.7. The monoisotopic (exact) mass is 291 g/mol. The lowest BCUT2D eigenvalue weighted by molar-refractivity contribution is 0.268. The van der Waals surface area contributed by atoms with Gasteiger partial charge in [-0.2, -0.15) is 9.61 Å². The van der Waals surface area contributed by atoms with Gasteiger partial charge in [-0.25, -0.2) is 0 Å². The summed E-state index contributed by atoms with van der Waals surface area (Å²) in [5.74, 6) is 1.62. The molecular formula is C14H21N5S. The van der Waals surface area contributed by atoms with E-state index in [-0.39, 0.29) is 11.5 Å². The molecule has 4 rings (SSSR count). The number of fused-ring (bicyclic) bond motifs is 1. The zero-order valence-corrected chi connectivity index (χ0v) is 12.7. The van der Waals surface area contributed by atoms with E-state index in [4.69, 9.17) is 10.8 Å². The van der Waals surface area contributed by atoms with E-state index in [0.29, 0.717) is 5.92 Å². The van der Waals surface area contributed by atoms with Crippen molar-refractivity contribution >= 4 is 16.3 Å². The lowest BCUT2D eigenvalue weighted by atomic mass is 9.72. The van der Waals surface area contributed by atoms with Crippen LogP contribution in [-0.2, 0) is 5.41 Å². The van der Waals surface area contributed by atoms with Crippen LogP contribution in [0.1, 0.15) is 68.6 Å². The Balaban J connectivity index is 1.75. The number of rotatable bonds is 2. The second kappa shape index (κ2) is 4.49. The Labute approximate surface area is 122 Å². The van der Waals surface area contributed by atoms with Crippen molar-refractivity contribution in [2.75, 3.05) is 0 Å². The van der Waals surface area contributed by atoms with Crippen molar-refractivity contribution in [3.05, 3.63) is 10.8 Å². The van der Waals surface area contributed by atoms with Crippen LogP contribution in [0, 0.1) is 0 Å². The van der Waals surface area contributed by atoms with Crippen LogP contribution in [0.4, 0.5) is 0 Å². The average molecular weight is 291 g/mol. The van der Waals surface area contributed by atoms with Crippen LogP contribution < -0.4 is 5.73 Å². The van der Waals surface area contributed by atoms with Crippen molar-refractivity contribution in [2.24, 2.45) is 5.73 Å². The van der Waals surface area contributed by atoms with Gasteiger partial charge in [0.1, 0.15) is 5.01 Å². The van der Waals surface area contributed by atoms with Gasteiger partial charge in [0.15, 0.2) is 5.82 Å². The van der Waals surface area contributed by atoms with Gasteiger partial charge in [-0.1, -0.05) is 37.5 Å². The highest BCUT2D eigenvalue weighted by Gasteiger charge is 2.39. The number of hydrogen-bond acceptors (Lipinski definition) is 5. The van der Waals surface area contributed by atoms with E-state index in [2.05, 4.69) is 17.1 Å². The second-order valence-corrected chi connectivity index (χ2v) is 7.51. The standard InChI is InChI=1S/C14H21N5S/c1-14(8-3-2-7-10(14)15)12-18-19-11(9-5-4-6-9)16-17-13(19)20-12/h9-10H,2-8,15H2,1H3. The summed E-state index contributed by atoms with van der Waals surface area (Å²) in [4.78, 5) is 0.931. The molecule has 2 aromatic rings. The van der Waals surface area contributed by atoms with Crippen LogP contribution in [0.3, 0.4) is 0 Å². The highest BCUT2D eigenvalue weighted by molar-refractivity contribution is 7.16. The van der Waals surface area contributed by atoms with Gasteiger partial charge in [0.05, 0.1) is 0 Å². The van der Waals surface area contributed by atoms with Crippen molar-refractivity contribution in [1.82, 2.24) is 19.8 Å². The smallest absolute Gasteiger partial charge is 0.234 e. The van der Waals surface area contributed by atoms with Crippen molar-refractivity contribution in [3.8, 4) is 0 Å². The molecule has 2 aromatic heterocycles. The van der Waals surface area contributed by atoms with E-state index in [1.807, 2.05) is 4.52 Å². The summed E-state index contributed by atoms with van der Waals surface area (Å²) in [7, 11) is 0. The number of nitrogens with zero attached hydrogens (tertiary/aromatic N) is 4. The number of nitrogens with two attached hydrogens (primary N) is 1. The Hall–Kier alpha value is -1.01. The van der Waals surface area contributed by atoms with E-state index in [1.165, 1.54) is 32.1 Å². The van der Waals surface area contributed by atoms with Gasteiger partial charge in [-0.05, 0) is 25.7 Å². The Kier molecular flexibility index (Phi) is 2.86. The SMILES string of the molecule is CC1(c2nn3c(C4CCC4)nnc3s2)CCCCC1N. The van der Waals surface area contributed by atoms with E-state index in [0.717, 1.165) is 28.6 Å². The van der Waals surface area contributed by atoms with E-state index < -0.39 is 0 Å². The molecule has 2 atom stereocenters. The molecule has 5 nitrogen and oxygen atoms in total. The minimum atomic E-state index is 0.0144. The summed E-state index contributed by atoms with van der Waals surface area (Å²) in [6.45, 7) is 2.27. The molecule has 0 aromatic carbocycles. The molecule has 2 aliphatic rings. The summed E-state index contributed by atoms with van der Waals surface area (Å²) >= 11 is 1.68. The van der Waals surface area contributed by atoms with Crippen LogP contribution in [0.25, 0.3) is 4.96 Å².